The fourth-order valence-electron chi connectivity index (χ4n) is 3.69. The van der Waals surface area contributed by atoms with E-state index in [1.54, 1.807) is 0 Å². The lowest BCUT2D eigenvalue weighted by atomic mass is 10.0. The second-order valence-corrected chi connectivity index (χ2v) is 6.93. The summed E-state index contributed by atoms with van der Waals surface area (Å²) in [6.45, 7) is 3.45. The molecule has 1 aliphatic heterocycles. The van der Waals surface area contributed by atoms with Crippen LogP contribution in [0.2, 0.25) is 0 Å². The van der Waals surface area contributed by atoms with Gasteiger partial charge < -0.3 is 10.2 Å². The molecule has 2 fully saturated rings. The molecule has 1 heterocycles. The number of carbonyl (C=O) groups excluding carboxylic acids is 2. The molecule has 1 saturated heterocycles. The maximum atomic E-state index is 12.5. The maximum absolute atomic E-state index is 12.5. The fourth-order valence-corrected chi connectivity index (χ4v) is 3.69. The molecule has 2 amide bonds. The van der Waals surface area contributed by atoms with Crippen LogP contribution in [0.5, 0.6) is 0 Å². The van der Waals surface area contributed by atoms with E-state index in [0.29, 0.717) is 0 Å². The standard InChI is InChI=1S/C19H26N2O2/c1-14-5-4-8-16(13-14)19(23)21-11-9-17(10-12-21)20-18(22)15-6-2-3-7-15/h4-5,8,13,15,17H,2-3,6-7,9-12H2,1H3,(H,20,22). The molecule has 23 heavy (non-hydrogen) atoms. The van der Waals surface area contributed by atoms with E-state index in [2.05, 4.69) is 5.32 Å². The van der Waals surface area contributed by atoms with Crippen molar-refractivity contribution in [3.8, 4) is 0 Å². The van der Waals surface area contributed by atoms with Gasteiger partial charge in [0.15, 0.2) is 0 Å². The average Bonchev–Trinajstić information content (AvgIpc) is 3.09. The third-order valence-electron chi connectivity index (χ3n) is 5.12. The quantitative estimate of drug-likeness (QED) is 0.932. The zero-order valence-corrected chi connectivity index (χ0v) is 13.9. The van der Waals surface area contributed by atoms with E-state index in [1.807, 2.05) is 36.1 Å². The van der Waals surface area contributed by atoms with Crippen molar-refractivity contribution in [2.45, 2.75) is 51.5 Å². The molecule has 4 heteroatoms. The number of nitrogens with one attached hydrogen (secondary N) is 1. The van der Waals surface area contributed by atoms with Gasteiger partial charge in [-0.2, -0.15) is 0 Å². The molecule has 0 atom stereocenters. The van der Waals surface area contributed by atoms with Gasteiger partial charge in [0.05, 0.1) is 0 Å². The predicted octanol–water partition coefficient (Wildman–Crippen LogP) is 2.91. The van der Waals surface area contributed by atoms with Gasteiger partial charge in [-0.05, 0) is 44.7 Å². The Kier molecular flexibility index (Phi) is 4.99. The molecule has 0 bridgehead atoms. The molecule has 2 aliphatic rings. The third kappa shape index (κ3) is 3.92. The molecule has 0 unspecified atom stereocenters. The van der Waals surface area contributed by atoms with Gasteiger partial charge in [0.1, 0.15) is 0 Å². The van der Waals surface area contributed by atoms with Crippen molar-refractivity contribution >= 4 is 11.8 Å². The number of rotatable bonds is 3. The monoisotopic (exact) mass is 314 g/mol. The first-order valence-electron chi connectivity index (χ1n) is 8.80. The summed E-state index contributed by atoms with van der Waals surface area (Å²) in [5.74, 6) is 0.558. The minimum absolute atomic E-state index is 0.106. The number of hydrogen-bond donors (Lipinski definition) is 1. The zero-order valence-electron chi connectivity index (χ0n) is 13.9. The van der Waals surface area contributed by atoms with E-state index in [-0.39, 0.29) is 23.8 Å². The minimum Gasteiger partial charge on any atom is -0.353 e. The van der Waals surface area contributed by atoms with Gasteiger partial charge in [-0.15, -0.1) is 0 Å². The number of likely N-dealkylation sites (tertiary alicyclic amines) is 1. The molecule has 0 spiro atoms. The van der Waals surface area contributed by atoms with Gasteiger partial charge >= 0.3 is 0 Å². The van der Waals surface area contributed by atoms with Crippen molar-refractivity contribution < 1.29 is 9.59 Å². The largest absolute Gasteiger partial charge is 0.353 e. The second-order valence-electron chi connectivity index (χ2n) is 6.93. The van der Waals surface area contributed by atoms with Crippen LogP contribution >= 0.6 is 0 Å². The number of nitrogens with zero attached hydrogens (tertiary/aromatic N) is 1. The van der Waals surface area contributed by atoms with Crippen LogP contribution < -0.4 is 5.32 Å². The van der Waals surface area contributed by atoms with Crippen molar-refractivity contribution in [3.05, 3.63) is 35.4 Å². The highest BCUT2D eigenvalue weighted by Crippen LogP contribution is 2.25. The Labute approximate surface area is 138 Å². The van der Waals surface area contributed by atoms with E-state index < -0.39 is 0 Å². The van der Waals surface area contributed by atoms with E-state index in [0.717, 1.165) is 49.9 Å². The average molecular weight is 314 g/mol. The highest BCUT2D eigenvalue weighted by molar-refractivity contribution is 5.94. The Bertz CT molecular complexity index is 570. The Hall–Kier alpha value is -1.84. The molecule has 0 radical (unpaired) electrons. The Morgan fingerprint density at radius 1 is 1.09 bits per heavy atom. The van der Waals surface area contributed by atoms with Crippen LogP contribution in [0.25, 0.3) is 0 Å². The first-order valence-corrected chi connectivity index (χ1v) is 8.80. The van der Waals surface area contributed by atoms with Crippen molar-refractivity contribution in [2.24, 2.45) is 5.92 Å². The molecule has 3 rings (SSSR count). The van der Waals surface area contributed by atoms with Crippen molar-refractivity contribution in [1.82, 2.24) is 10.2 Å². The molecule has 0 aromatic heterocycles. The summed E-state index contributed by atoms with van der Waals surface area (Å²) in [5, 5.41) is 3.19. The molecule has 4 nitrogen and oxygen atoms in total. The SMILES string of the molecule is Cc1cccc(C(=O)N2CCC(NC(=O)C3CCCC3)CC2)c1. The van der Waals surface area contributed by atoms with Crippen molar-refractivity contribution in [2.75, 3.05) is 13.1 Å². The van der Waals surface area contributed by atoms with Crippen LogP contribution in [-0.4, -0.2) is 35.8 Å². The maximum Gasteiger partial charge on any atom is 0.253 e. The number of hydrogen-bond acceptors (Lipinski definition) is 2. The second kappa shape index (κ2) is 7.16. The van der Waals surface area contributed by atoms with Gasteiger partial charge in [-0.1, -0.05) is 30.5 Å². The van der Waals surface area contributed by atoms with Crippen LogP contribution in [-0.2, 0) is 4.79 Å². The highest BCUT2D eigenvalue weighted by Gasteiger charge is 2.28. The third-order valence-corrected chi connectivity index (χ3v) is 5.12. The molecular formula is C19H26N2O2. The lowest BCUT2D eigenvalue weighted by Crippen LogP contribution is -2.47. The predicted molar refractivity (Wildman–Crippen MR) is 90.2 cm³/mol. The number of benzene rings is 1. The van der Waals surface area contributed by atoms with E-state index in [4.69, 9.17) is 0 Å². The molecule has 124 valence electrons. The summed E-state index contributed by atoms with van der Waals surface area (Å²) in [4.78, 5) is 26.6. The number of amides is 2. The number of aryl methyl sites for hydroxylation is 1. The van der Waals surface area contributed by atoms with E-state index >= 15 is 0 Å². The van der Waals surface area contributed by atoms with Gasteiger partial charge in [0.25, 0.3) is 5.91 Å². The molecule has 1 aromatic carbocycles. The van der Waals surface area contributed by atoms with Crippen LogP contribution in [0.3, 0.4) is 0 Å². The first kappa shape index (κ1) is 16.0. The lowest BCUT2D eigenvalue weighted by molar-refractivity contribution is -0.125. The van der Waals surface area contributed by atoms with Gasteiger partial charge in [0, 0.05) is 30.6 Å². The van der Waals surface area contributed by atoms with Gasteiger partial charge in [-0.3, -0.25) is 9.59 Å². The first-order chi connectivity index (χ1) is 11.1. The van der Waals surface area contributed by atoms with Gasteiger partial charge in [-0.25, -0.2) is 0 Å². The molecule has 1 saturated carbocycles. The summed E-state index contributed by atoms with van der Waals surface area (Å²) in [6.07, 6.45) is 6.15. The highest BCUT2D eigenvalue weighted by atomic mass is 16.2. The molecular weight excluding hydrogens is 288 g/mol. The summed E-state index contributed by atoms with van der Waals surface area (Å²) in [7, 11) is 0. The minimum atomic E-state index is 0.106. The Morgan fingerprint density at radius 3 is 2.43 bits per heavy atom. The van der Waals surface area contributed by atoms with Crippen molar-refractivity contribution in [3.63, 3.8) is 0 Å². The van der Waals surface area contributed by atoms with Crippen LogP contribution in [0, 0.1) is 12.8 Å². The Morgan fingerprint density at radius 2 is 1.78 bits per heavy atom. The van der Waals surface area contributed by atoms with Crippen LogP contribution in [0.1, 0.15) is 54.4 Å². The number of carbonyl (C=O) groups is 2. The Balaban J connectivity index is 1.50. The number of piperidine rings is 1. The zero-order chi connectivity index (χ0) is 16.2. The molecule has 1 aromatic rings. The summed E-state index contributed by atoms with van der Waals surface area (Å²) in [6, 6.07) is 7.97. The van der Waals surface area contributed by atoms with Crippen LogP contribution in [0.4, 0.5) is 0 Å². The van der Waals surface area contributed by atoms with Gasteiger partial charge in [0.2, 0.25) is 5.91 Å². The molecule has 1 aliphatic carbocycles. The normalized spacial score (nSPS) is 19.8. The summed E-state index contributed by atoms with van der Waals surface area (Å²) < 4.78 is 0. The summed E-state index contributed by atoms with van der Waals surface area (Å²) in [5.41, 5.74) is 1.87. The fraction of sp³-hybridized carbons (Fsp3) is 0.579. The topological polar surface area (TPSA) is 49.4 Å². The lowest BCUT2D eigenvalue weighted by Gasteiger charge is -2.33. The van der Waals surface area contributed by atoms with Crippen LogP contribution in [0.15, 0.2) is 24.3 Å². The van der Waals surface area contributed by atoms with E-state index in [1.165, 1.54) is 12.8 Å². The smallest absolute Gasteiger partial charge is 0.253 e. The van der Waals surface area contributed by atoms with E-state index in [9.17, 15) is 9.59 Å². The summed E-state index contributed by atoms with van der Waals surface area (Å²) >= 11 is 0. The van der Waals surface area contributed by atoms with Crippen molar-refractivity contribution in [1.29, 1.82) is 0 Å². The molecule has 1 N–H and O–H groups in total.